The van der Waals surface area contributed by atoms with Crippen LogP contribution in [0, 0.1) is 6.39 Å². The van der Waals surface area contributed by atoms with Gasteiger partial charge in [-0.1, -0.05) is 12.1 Å². The highest BCUT2D eigenvalue weighted by Crippen LogP contribution is 2.27. The topological polar surface area (TPSA) is 35.3 Å². The zero-order valence-electron chi connectivity index (χ0n) is 7.15. The molecule has 1 aromatic carbocycles. The van der Waals surface area contributed by atoms with E-state index in [0.29, 0.717) is 0 Å². The largest absolute Gasteiger partial charge is 0.496 e. The summed E-state index contributed by atoms with van der Waals surface area (Å²) in [6, 6.07) is 7.63. The predicted molar refractivity (Wildman–Crippen MR) is 47.3 cm³/mol. The van der Waals surface area contributed by atoms with Crippen molar-refractivity contribution in [3.63, 3.8) is 0 Å². The number of oxazole rings is 1. The van der Waals surface area contributed by atoms with E-state index < -0.39 is 0 Å². The van der Waals surface area contributed by atoms with Crippen molar-refractivity contribution in [1.82, 2.24) is 4.98 Å². The van der Waals surface area contributed by atoms with E-state index in [1.165, 1.54) is 6.26 Å². The van der Waals surface area contributed by atoms with Crippen LogP contribution >= 0.6 is 0 Å². The van der Waals surface area contributed by atoms with E-state index in [4.69, 9.17) is 9.15 Å². The fourth-order valence-corrected chi connectivity index (χ4v) is 1.16. The summed E-state index contributed by atoms with van der Waals surface area (Å²) >= 11 is 0. The highest BCUT2D eigenvalue weighted by molar-refractivity contribution is 5.65. The summed E-state index contributed by atoms with van der Waals surface area (Å²) in [6.07, 6.45) is 3.94. The van der Waals surface area contributed by atoms with E-state index in [2.05, 4.69) is 11.4 Å². The van der Waals surface area contributed by atoms with E-state index in [1.807, 2.05) is 24.3 Å². The van der Waals surface area contributed by atoms with Crippen molar-refractivity contribution in [3.8, 4) is 17.0 Å². The Morgan fingerprint density at radius 1 is 1.38 bits per heavy atom. The van der Waals surface area contributed by atoms with Crippen LogP contribution in [0.5, 0.6) is 5.75 Å². The van der Waals surface area contributed by atoms with Gasteiger partial charge in [-0.15, -0.1) is 0 Å². The SMILES string of the molecule is COc1ccccc1-c1co[c]n1. The molecule has 0 fully saturated rings. The molecule has 0 N–H and O–H groups in total. The van der Waals surface area contributed by atoms with Gasteiger partial charge in [0, 0.05) is 5.56 Å². The Morgan fingerprint density at radius 2 is 2.23 bits per heavy atom. The number of hydrogen-bond donors (Lipinski definition) is 0. The molecule has 1 aromatic heterocycles. The maximum atomic E-state index is 5.17. The molecular weight excluding hydrogens is 166 g/mol. The van der Waals surface area contributed by atoms with Gasteiger partial charge in [0.15, 0.2) is 0 Å². The molecule has 0 aliphatic rings. The van der Waals surface area contributed by atoms with Gasteiger partial charge < -0.3 is 9.15 Å². The molecule has 2 aromatic rings. The number of hydrogen-bond acceptors (Lipinski definition) is 3. The molecule has 0 aliphatic carbocycles. The third kappa shape index (κ3) is 1.40. The van der Waals surface area contributed by atoms with Gasteiger partial charge in [-0.05, 0) is 12.1 Å². The number of ether oxygens (including phenoxy) is 1. The number of nitrogens with zero attached hydrogens (tertiary/aromatic N) is 1. The number of rotatable bonds is 2. The summed E-state index contributed by atoms with van der Waals surface area (Å²) in [5.41, 5.74) is 1.65. The van der Waals surface area contributed by atoms with Gasteiger partial charge in [0.25, 0.3) is 6.39 Å². The second kappa shape index (κ2) is 3.31. The fourth-order valence-electron chi connectivity index (χ4n) is 1.16. The molecular formula is C10H8NO2. The average Bonchev–Trinajstić information content (AvgIpc) is 2.70. The molecule has 1 radical (unpaired) electrons. The van der Waals surface area contributed by atoms with Crippen molar-refractivity contribution in [2.45, 2.75) is 0 Å². The first kappa shape index (κ1) is 7.86. The summed E-state index contributed by atoms with van der Waals surface area (Å²) in [5.74, 6) is 0.782. The lowest BCUT2D eigenvalue weighted by atomic mass is 10.1. The molecule has 13 heavy (non-hydrogen) atoms. The minimum Gasteiger partial charge on any atom is -0.496 e. The number of methoxy groups -OCH3 is 1. The second-order valence-corrected chi connectivity index (χ2v) is 2.52. The molecule has 1 heterocycles. The van der Waals surface area contributed by atoms with Crippen LogP contribution in [-0.2, 0) is 0 Å². The van der Waals surface area contributed by atoms with Gasteiger partial charge in [-0.3, -0.25) is 0 Å². The first-order chi connectivity index (χ1) is 6.42. The Balaban J connectivity index is 2.51. The van der Waals surface area contributed by atoms with Crippen LogP contribution in [0.3, 0.4) is 0 Å². The Bertz CT molecular complexity index is 382. The molecule has 3 heteroatoms. The van der Waals surface area contributed by atoms with Crippen LogP contribution in [0.4, 0.5) is 0 Å². The molecule has 0 amide bonds. The number of para-hydroxylation sites is 1. The smallest absolute Gasteiger partial charge is 0.284 e. The van der Waals surface area contributed by atoms with Gasteiger partial charge in [0.05, 0.1) is 7.11 Å². The van der Waals surface area contributed by atoms with Gasteiger partial charge >= 0.3 is 0 Å². The Labute approximate surface area is 76.0 Å². The van der Waals surface area contributed by atoms with Gasteiger partial charge in [-0.2, -0.15) is 0 Å². The lowest BCUT2D eigenvalue weighted by Crippen LogP contribution is -1.86. The van der Waals surface area contributed by atoms with Crippen LogP contribution in [0.1, 0.15) is 0 Å². The van der Waals surface area contributed by atoms with Crippen LogP contribution in [0.2, 0.25) is 0 Å². The molecule has 0 saturated heterocycles. The summed E-state index contributed by atoms with van der Waals surface area (Å²) in [4.78, 5) is 3.92. The number of aromatic nitrogens is 1. The molecule has 3 nitrogen and oxygen atoms in total. The quantitative estimate of drug-likeness (QED) is 0.699. The second-order valence-electron chi connectivity index (χ2n) is 2.52. The molecule has 65 valence electrons. The Kier molecular flexibility index (Phi) is 2.00. The Morgan fingerprint density at radius 3 is 2.92 bits per heavy atom. The van der Waals surface area contributed by atoms with Gasteiger partial charge in [-0.25, -0.2) is 4.98 Å². The van der Waals surface area contributed by atoms with Crippen molar-refractivity contribution in [3.05, 3.63) is 36.9 Å². The van der Waals surface area contributed by atoms with E-state index in [9.17, 15) is 0 Å². The molecule has 0 bridgehead atoms. The van der Waals surface area contributed by atoms with Crippen molar-refractivity contribution >= 4 is 0 Å². The average molecular weight is 174 g/mol. The minimum absolute atomic E-state index is 0.734. The first-order valence-corrected chi connectivity index (χ1v) is 3.87. The standard InChI is InChI=1S/C10H8NO2/c1-12-10-5-3-2-4-8(10)9-6-13-7-11-9/h2-6H,1H3. The zero-order chi connectivity index (χ0) is 9.10. The summed E-state index contributed by atoms with van der Waals surface area (Å²) < 4.78 is 9.95. The van der Waals surface area contributed by atoms with Crippen molar-refractivity contribution in [2.75, 3.05) is 7.11 Å². The first-order valence-electron chi connectivity index (χ1n) is 3.87. The predicted octanol–water partition coefficient (Wildman–Crippen LogP) is 2.15. The van der Waals surface area contributed by atoms with Crippen molar-refractivity contribution in [2.24, 2.45) is 0 Å². The highest BCUT2D eigenvalue weighted by Gasteiger charge is 2.06. The molecule has 0 atom stereocenters. The highest BCUT2D eigenvalue weighted by atomic mass is 16.5. The number of benzene rings is 1. The third-order valence-corrected chi connectivity index (χ3v) is 1.77. The van der Waals surface area contributed by atoms with Crippen LogP contribution in [0.15, 0.2) is 34.9 Å². The van der Waals surface area contributed by atoms with Crippen LogP contribution in [-0.4, -0.2) is 12.1 Å². The molecule has 0 unspecified atom stereocenters. The fraction of sp³-hybridized carbons (Fsp3) is 0.100. The summed E-state index contributed by atoms with van der Waals surface area (Å²) in [5, 5.41) is 0. The molecule has 2 rings (SSSR count). The lowest BCUT2D eigenvalue weighted by molar-refractivity contribution is 0.416. The van der Waals surface area contributed by atoms with Gasteiger partial charge in [0.2, 0.25) is 0 Å². The zero-order valence-corrected chi connectivity index (χ0v) is 7.15. The van der Waals surface area contributed by atoms with E-state index in [-0.39, 0.29) is 0 Å². The summed E-state index contributed by atoms with van der Waals surface area (Å²) in [7, 11) is 1.63. The third-order valence-electron chi connectivity index (χ3n) is 1.77. The van der Waals surface area contributed by atoms with Gasteiger partial charge in [0.1, 0.15) is 17.7 Å². The Hall–Kier alpha value is -1.77. The maximum Gasteiger partial charge on any atom is 0.284 e. The van der Waals surface area contributed by atoms with E-state index in [1.54, 1.807) is 7.11 Å². The monoisotopic (exact) mass is 174 g/mol. The lowest BCUT2D eigenvalue weighted by Gasteiger charge is -2.03. The molecule has 0 spiro atoms. The normalized spacial score (nSPS) is 9.92. The molecule has 0 saturated carbocycles. The minimum atomic E-state index is 0.734. The van der Waals surface area contributed by atoms with Crippen molar-refractivity contribution < 1.29 is 9.15 Å². The van der Waals surface area contributed by atoms with Crippen LogP contribution < -0.4 is 4.74 Å². The van der Waals surface area contributed by atoms with E-state index >= 15 is 0 Å². The maximum absolute atomic E-state index is 5.17. The van der Waals surface area contributed by atoms with Crippen LogP contribution in [0.25, 0.3) is 11.3 Å². The van der Waals surface area contributed by atoms with E-state index in [0.717, 1.165) is 17.0 Å². The van der Waals surface area contributed by atoms with Crippen molar-refractivity contribution in [1.29, 1.82) is 0 Å². The summed E-state index contributed by atoms with van der Waals surface area (Å²) in [6.45, 7) is 0. The molecule has 0 aliphatic heterocycles.